The lowest BCUT2D eigenvalue weighted by molar-refractivity contribution is 0.175. The van der Waals surface area contributed by atoms with Crippen molar-refractivity contribution >= 4 is 0 Å². The Kier molecular flexibility index (Phi) is 1.94. The van der Waals surface area contributed by atoms with Crippen LogP contribution in [0.25, 0.3) is 0 Å². The minimum absolute atomic E-state index is 0.208. The van der Waals surface area contributed by atoms with Crippen molar-refractivity contribution in [3.05, 3.63) is 0 Å². The molecule has 1 aliphatic rings. The molecule has 0 aromatic heterocycles. The van der Waals surface area contributed by atoms with Gasteiger partial charge in [-0.3, -0.25) is 4.90 Å². The molecule has 2 unspecified atom stereocenters. The Morgan fingerprint density at radius 2 is 2.09 bits per heavy atom. The highest BCUT2D eigenvalue weighted by atomic mass is 15.2. The molecule has 0 amide bonds. The summed E-state index contributed by atoms with van der Waals surface area (Å²) in [6, 6.07) is 2.77. The van der Waals surface area contributed by atoms with Gasteiger partial charge in [-0.2, -0.15) is 5.26 Å². The predicted molar refractivity (Wildman–Crippen MR) is 45.0 cm³/mol. The lowest BCUT2D eigenvalue weighted by atomic mass is 9.96. The average Bonchev–Trinajstić information content (AvgIpc) is 2.13. The van der Waals surface area contributed by atoms with Crippen molar-refractivity contribution in [1.82, 2.24) is 4.90 Å². The molecule has 0 radical (unpaired) electrons. The van der Waals surface area contributed by atoms with Crippen molar-refractivity contribution in [2.24, 2.45) is 5.92 Å². The highest BCUT2D eigenvalue weighted by molar-refractivity contribution is 5.04. The van der Waals surface area contributed by atoms with E-state index in [1.807, 2.05) is 0 Å². The molecule has 11 heavy (non-hydrogen) atoms. The van der Waals surface area contributed by atoms with E-state index in [1.165, 1.54) is 0 Å². The van der Waals surface area contributed by atoms with Gasteiger partial charge >= 0.3 is 0 Å². The highest BCUT2D eigenvalue weighted by Crippen LogP contribution is 2.35. The Labute approximate surface area is 68.8 Å². The van der Waals surface area contributed by atoms with Crippen LogP contribution in [0.4, 0.5) is 0 Å². The van der Waals surface area contributed by atoms with Crippen LogP contribution >= 0.6 is 0 Å². The third kappa shape index (κ3) is 1.25. The normalized spacial score (nSPS) is 37.0. The van der Waals surface area contributed by atoms with Gasteiger partial charge in [-0.25, -0.2) is 0 Å². The van der Waals surface area contributed by atoms with E-state index in [2.05, 4.69) is 38.8 Å². The van der Waals surface area contributed by atoms with Crippen LogP contribution in [0.2, 0.25) is 0 Å². The van der Waals surface area contributed by atoms with Crippen molar-refractivity contribution in [3.63, 3.8) is 0 Å². The van der Waals surface area contributed by atoms with Gasteiger partial charge in [-0.15, -0.1) is 0 Å². The maximum Gasteiger partial charge on any atom is 0.0672 e. The summed E-state index contributed by atoms with van der Waals surface area (Å²) >= 11 is 0. The van der Waals surface area contributed by atoms with Gasteiger partial charge in [0.05, 0.1) is 12.0 Å². The molecule has 1 saturated heterocycles. The second-order valence-corrected chi connectivity index (χ2v) is 4.10. The first-order chi connectivity index (χ1) is 4.99. The number of hydrogen-bond acceptors (Lipinski definition) is 2. The fourth-order valence-electron chi connectivity index (χ4n) is 1.83. The smallest absolute Gasteiger partial charge is 0.0672 e. The Morgan fingerprint density at radius 1 is 1.55 bits per heavy atom. The number of nitriles is 1. The van der Waals surface area contributed by atoms with E-state index < -0.39 is 0 Å². The molecule has 0 bridgehead atoms. The van der Waals surface area contributed by atoms with Crippen LogP contribution in [0, 0.1) is 17.2 Å². The first kappa shape index (κ1) is 8.55. The predicted octanol–water partition coefficient (Wildman–Crippen LogP) is 1.63. The van der Waals surface area contributed by atoms with Crippen LogP contribution in [0.3, 0.4) is 0 Å². The quantitative estimate of drug-likeness (QED) is 0.527. The third-order valence-corrected chi connectivity index (χ3v) is 3.03. The van der Waals surface area contributed by atoms with E-state index in [9.17, 15) is 0 Å². The summed E-state index contributed by atoms with van der Waals surface area (Å²) in [6.07, 6.45) is 1.00. The maximum absolute atomic E-state index is 8.81. The standard InChI is InChI=1S/C9H16N2/c1-7-8(6-10)5-9(2,3)11(7)4/h7-8H,5H2,1-4H3. The Hall–Kier alpha value is -0.550. The Morgan fingerprint density at radius 3 is 2.27 bits per heavy atom. The van der Waals surface area contributed by atoms with Gasteiger partial charge in [0, 0.05) is 11.6 Å². The second-order valence-electron chi connectivity index (χ2n) is 4.10. The van der Waals surface area contributed by atoms with Crippen molar-refractivity contribution in [2.45, 2.75) is 38.8 Å². The van der Waals surface area contributed by atoms with Gasteiger partial charge in [0.15, 0.2) is 0 Å². The van der Waals surface area contributed by atoms with Gasteiger partial charge in [-0.1, -0.05) is 0 Å². The van der Waals surface area contributed by atoms with Gasteiger partial charge in [0.25, 0.3) is 0 Å². The molecule has 1 fully saturated rings. The van der Waals surface area contributed by atoms with Crippen LogP contribution in [-0.2, 0) is 0 Å². The molecule has 0 N–H and O–H groups in total. The molecular formula is C9H16N2. The number of likely N-dealkylation sites (tertiary alicyclic amines) is 1. The van der Waals surface area contributed by atoms with E-state index in [1.54, 1.807) is 0 Å². The summed E-state index contributed by atoms with van der Waals surface area (Å²) in [5, 5.41) is 8.81. The Bertz CT molecular complexity index is 190. The number of nitrogens with zero attached hydrogens (tertiary/aromatic N) is 2. The first-order valence-corrected chi connectivity index (χ1v) is 4.11. The van der Waals surface area contributed by atoms with E-state index in [-0.39, 0.29) is 11.5 Å². The van der Waals surface area contributed by atoms with Gasteiger partial charge in [0.2, 0.25) is 0 Å². The third-order valence-electron chi connectivity index (χ3n) is 3.03. The fraction of sp³-hybridized carbons (Fsp3) is 0.889. The van der Waals surface area contributed by atoms with Gasteiger partial charge in [-0.05, 0) is 34.2 Å². The largest absolute Gasteiger partial charge is 0.297 e. The second kappa shape index (κ2) is 2.49. The van der Waals surface area contributed by atoms with Crippen molar-refractivity contribution < 1.29 is 0 Å². The molecule has 2 heteroatoms. The van der Waals surface area contributed by atoms with E-state index >= 15 is 0 Å². The monoisotopic (exact) mass is 152 g/mol. The van der Waals surface area contributed by atoms with Crippen LogP contribution in [0.1, 0.15) is 27.2 Å². The molecule has 1 heterocycles. The SMILES string of the molecule is CC1C(C#N)CC(C)(C)N1C. The van der Waals surface area contributed by atoms with E-state index in [0.29, 0.717) is 6.04 Å². The zero-order valence-corrected chi connectivity index (χ0v) is 7.76. The van der Waals surface area contributed by atoms with Gasteiger partial charge in [0.1, 0.15) is 0 Å². The lowest BCUT2D eigenvalue weighted by Crippen LogP contribution is -2.38. The van der Waals surface area contributed by atoms with Crippen molar-refractivity contribution in [2.75, 3.05) is 7.05 Å². The van der Waals surface area contributed by atoms with Crippen molar-refractivity contribution in [3.8, 4) is 6.07 Å². The molecule has 2 nitrogen and oxygen atoms in total. The zero-order chi connectivity index (χ0) is 8.65. The van der Waals surface area contributed by atoms with Crippen LogP contribution in [-0.4, -0.2) is 23.5 Å². The van der Waals surface area contributed by atoms with Crippen LogP contribution in [0.5, 0.6) is 0 Å². The summed E-state index contributed by atoms with van der Waals surface area (Å²) < 4.78 is 0. The Balaban J connectivity index is 2.79. The molecule has 0 aromatic carbocycles. The zero-order valence-electron chi connectivity index (χ0n) is 7.76. The van der Waals surface area contributed by atoms with E-state index in [4.69, 9.17) is 5.26 Å². The molecule has 1 aliphatic heterocycles. The average molecular weight is 152 g/mol. The molecular weight excluding hydrogens is 136 g/mol. The minimum Gasteiger partial charge on any atom is -0.297 e. The number of rotatable bonds is 0. The van der Waals surface area contributed by atoms with Gasteiger partial charge < -0.3 is 0 Å². The fourth-order valence-corrected chi connectivity index (χ4v) is 1.83. The van der Waals surface area contributed by atoms with Crippen LogP contribution in [0.15, 0.2) is 0 Å². The molecule has 0 aromatic rings. The molecule has 0 saturated carbocycles. The summed E-state index contributed by atoms with van der Waals surface area (Å²) in [5.74, 6) is 0.218. The van der Waals surface area contributed by atoms with Crippen LogP contribution < -0.4 is 0 Å². The maximum atomic E-state index is 8.81. The van der Waals surface area contributed by atoms with E-state index in [0.717, 1.165) is 6.42 Å². The highest BCUT2D eigenvalue weighted by Gasteiger charge is 2.41. The summed E-state index contributed by atoms with van der Waals surface area (Å²) in [4.78, 5) is 2.29. The first-order valence-electron chi connectivity index (χ1n) is 4.11. The number of hydrogen-bond donors (Lipinski definition) is 0. The molecule has 62 valence electrons. The topological polar surface area (TPSA) is 27.0 Å². The molecule has 0 spiro atoms. The minimum atomic E-state index is 0.208. The molecule has 1 rings (SSSR count). The summed E-state index contributed by atoms with van der Waals surface area (Å²) in [7, 11) is 2.10. The lowest BCUT2D eigenvalue weighted by Gasteiger charge is -2.29. The molecule has 0 aliphatic carbocycles. The summed E-state index contributed by atoms with van der Waals surface area (Å²) in [5.41, 5.74) is 0.208. The molecule has 2 atom stereocenters. The van der Waals surface area contributed by atoms with Crippen molar-refractivity contribution in [1.29, 1.82) is 5.26 Å². The summed E-state index contributed by atoms with van der Waals surface area (Å²) in [6.45, 7) is 6.52.